The first-order valence-electron chi connectivity index (χ1n) is 10.3. The highest BCUT2D eigenvalue weighted by molar-refractivity contribution is 9.10. The second-order valence-electron chi connectivity index (χ2n) is 7.52. The van der Waals surface area contributed by atoms with Crippen molar-refractivity contribution >= 4 is 39.7 Å². The van der Waals surface area contributed by atoms with Crippen LogP contribution >= 0.6 is 27.5 Å². The molecule has 0 radical (unpaired) electrons. The van der Waals surface area contributed by atoms with Gasteiger partial charge < -0.3 is 18.8 Å². The van der Waals surface area contributed by atoms with Gasteiger partial charge in [0.25, 0.3) is 0 Å². The molecule has 0 saturated carbocycles. The van der Waals surface area contributed by atoms with E-state index in [0.29, 0.717) is 26.6 Å². The maximum absolute atomic E-state index is 12.3. The van der Waals surface area contributed by atoms with Crippen molar-refractivity contribution in [3.8, 4) is 17.2 Å². The van der Waals surface area contributed by atoms with Crippen molar-refractivity contribution in [2.45, 2.75) is 20.5 Å². The molecule has 7 nitrogen and oxygen atoms in total. The van der Waals surface area contributed by atoms with Gasteiger partial charge in [-0.15, -0.1) is 0 Å². The number of phenolic OH excluding ortho intramolecular Hbond substituents is 1. The monoisotopic (exact) mass is 541 g/mol. The lowest BCUT2D eigenvalue weighted by molar-refractivity contribution is 0.0923. The van der Waals surface area contributed by atoms with Crippen molar-refractivity contribution < 1.29 is 19.1 Å². The van der Waals surface area contributed by atoms with Gasteiger partial charge in [0, 0.05) is 27.7 Å². The van der Waals surface area contributed by atoms with Crippen LogP contribution in [0.5, 0.6) is 11.5 Å². The molecule has 4 aromatic rings. The molecule has 0 bridgehead atoms. The number of phenols is 1. The molecule has 0 aliphatic rings. The summed E-state index contributed by atoms with van der Waals surface area (Å²) in [4.78, 5) is 12.3. The molecule has 0 aliphatic heterocycles. The van der Waals surface area contributed by atoms with E-state index in [0.717, 1.165) is 17.1 Å². The fourth-order valence-electron chi connectivity index (χ4n) is 3.40. The Kier molecular flexibility index (Phi) is 7.09. The van der Waals surface area contributed by atoms with E-state index in [-0.39, 0.29) is 18.1 Å². The predicted octanol–water partition coefficient (Wildman–Crippen LogP) is 6.15. The Morgan fingerprint density at radius 1 is 1.15 bits per heavy atom. The summed E-state index contributed by atoms with van der Waals surface area (Å²) in [6.07, 6.45) is 1.29. The summed E-state index contributed by atoms with van der Waals surface area (Å²) in [6, 6.07) is 18.2. The van der Waals surface area contributed by atoms with Gasteiger partial charge >= 0.3 is 5.91 Å². The second kappa shape index (κ2) is 10.2. The average Bonchev–Trinajstić information content (AvgIpc) is 3.42. The minimum atomic E-state index is -0.537. The van der Waals surface area contributed by atoms with Crippen LogP contribution in [0.15, 0.2) is 74.7 Å². The van der Waals surface area contributed by atoms with E-state index in [4.69, 9.17) is 20.8 Å². The maximum atomic E-state index is 12.3. The van der Waals surface area contributed by atoms with Gasteiger partial charge in [-0.3, -0.25) is 4.79 Å². The van der Waals surface area contributed by atoms with Crippen LogP contribution < -0.4 is 10.2 Å². The molecule has 0 unspecified atom stereocenters. The third kappa shape index (κ3) is 5.35. The van der Waals surface area contributed by atoms with E-state index in [1.807, 2.05) is 24.3 Å². The van der Waals surface area contributed by atoms with E-state index in [1.165, 1.54) is 18.3 Å². The Balaban J connectivity index is 1.33. The van der Waals surface area contributed by atoms with Crippen LogP contribution in [-0.4, -0.2) is 21.8 Å². The number of amides is 1. The van der Waals surface area contributed by atoms with Crippen LogP contribution in [0.1, 0.15) is 33.3 Å². The molecule has 2 aromatic heterocycles. The van der Waals surface area contributed by atoms with Crippen LogP contribution in [0.25, 0.3) is 5.69 Å². The molecule has 174 valence electrons. The molecule has 2 heterocycles. The molecule has 0 fully saturated rings. The maximum Gasteiger partial charge on any atom is 0.307 e. The van der Waals surface area contributed by atoms with Gasteiger partial charge in [0.1, 0.15) is 23.9 Å². The fraction of sp³-hybridized carbons (Fsp3) is 0.120. The summed E-state index contributed by atoms with van der Waals surface area (Å²) in [5, 5.41) is 14.3. The van der Waals surface area contributed by atoms with Crippen molar-refractivity contribution in [2.24, 2.45) is 5.10 Å². The summed E-state index contributed by atoms with van der Waals surface area (Å²) < 4.78 is 13.9. The quantitative estimate of drug-likeness (QED) is 0.216. The lowest BCUT2D eigenvalue weighted by Gasteiger charge is -2.10. The standard InChI is InChI=1S/C25H21BrClN3O4/c1-15-3-4-16(2)30(15)19-5-7-20(8-6-19)33-14-21-9-10-23(34-21)25(32)29-28-13-17-11-18(27)12-22(26)24(17)31/h3-13,31H,14H2,1-2H3,(H,29,32)/b28-13+. The zero-order valence-electron chi connectivity index (χ0n) is 18.4. The van der Waals surface area contributed by atoms with Crippen LogP contribution in [0.3, 0.4) is 0 Å². The number of furan rings is 1. The molecular weight excluding hydrogens is 522 g/mol. The molecule has 1 amide bonds. The van der Waals surface area contributed by atoms with E-state index in [1.54, 1.807) is 12.1 Å². The number of aromatic nitrogens is 1. The number of hydrogen-bond donors (Lipinski definition) is 2. The zero-order valence-corrected chi connectivity index (χ0v) is 20.7. The molecule has 4 rings (SSSR count). The van der Waals surface area contributed by atoms with Crippen molar-refractivity contribution in [3.05, 3.63) is 98.6 Å². The number of halogens is 2. The molecule has 9 heteroatoms. The van der Waals surface area contributed by atoms with E-state index < -0.39 is 5.91 Å². The number of hydrazone groups is 1. The number of benzene rings is 2. The van der Waals surface area contributed by atoms with Crippen molar-refractivity contribution in [1.82, 2.24) is 9.99 Å². The number of carbonyl (C=O) groups excluding carboxylic acids is 1. The Labute approximate surface area is 209 Å². The van der Waals surface area contributed by atoms with Gasteiger partial charge in [-0.2, -0.15) is 5.10 Å². The number of nitrogens with one attached hydrogen (secondary N) is 1. The third-order valence-corrected chi connectivity index (χ3v) is 5.88. The van der Waals surface area contributed by atoms with Gasteiger partial charge in [0.05, 0.1) is 10.7 Å². The summed E-state index contributed by atoms with van der Waals surface area (Å²) in [7, 11) is 0. The lowest BCUT2D eigenvalue weighted by atomic mass is 10.2. The number of hydrogen-bond acceptors (Lipinski definition) is 5. The van der Waals surface area contributed by atoms with E-state index in [2.05, 4.69) is 57.0 Å². The number of aromatic hydroxyl groups is 1. The first-order chi connectivity index (χ1) is 16.3. The van der Waals surface area contributed by atoms with Crippen molar-refractivity contribution in [3.63, 3.8) is 0 Å². The minimum Gasteiger partial charge on any atom is -0.506 e. The molecular formula is C25H21BrClN3O4. The summed E-state index contributed by atoms with van der Waals surface area (Å²) in [6.45, 7) is 4.29. The Morgan fingerprint density at radius 3 is 2.56 bits per heavy atom. The average molecular weight is 543 g/mol. The minimum absolute atomic E-state index is 0.0357. The third-order valence-electron chi connectivity index (χ3n) is 5.06. The molecule has 0 aliphatic carbocycles. The Hall–Kier alpha value is -3.49. The lowest BCUT2D eigenvalue weighted by Crippen LogP contribution is -2.16. The van der Waals surface area contributed by atoms with Gasteiger partial charge in [0.2, 0.25) is 0 Å². The smallest absolute Gasteiger partial charge is 0.307 e. The van der Waals surface area contributed by atoms with Gasteiger partial charge in [-0.05, 0) is 90.4 Å². The zero-order chi connectivity index (χ0) is 24.2. The summed E-state index contributed by atoms with van der Waals surface area (Å²) in [5.74, 6) is 0.690. The second-order valence-corrected chi connectivity index (χ2v) is 8.82. The van der Waals surface area contributed by atoms with Crippen LogP contribution in [0.2, 0.25) is 5.02 Å². The Bertz CT molecular complexity index is 1340. The van der Waals surface area contributed by atoms with E-state index >= 15 is 0 Å². The number of ether oxygens (including phenoxy) is 1. The fourth-order valence-corrected chi connectivity index (χ4v) is 4.23. The van der Waals surface area contributed by atoms with Crippen molar-refractivity contribution in [2.75, 3.05) is 0 Å². The SMILES string of the molecule is Cc1ccc(C)n1-c1ccc(OCc2ccc(C(=O)N/N=C/c3cc(Cl)cc(Br)c3O)o2)cc1. The number of aryl methyl sites for hydroxylation is 2. The van der Waals surface area contributed by atoms with Crippen molar-refractivity contribution in [1.29, 1.82) is 0 Å². The molecule has 2 N–H and O–H groups in total. The van der Waals surface area contributed by atoms with Gasteiger partial charge in [0.15, 0.2) is 5.76 Å². The first-order valence-corrected chi connectivity index (χ1v) is 11.5. The summed E-state index contributed by atoms with van der Waals surface area (Å²) in [5.41, 5.74) is 6.08. The Morgan fingerprint density at radius 2 is 1.85 bits per heavy atom. The predicted molar refractivity (Wildman–Crippen MR) is 134 cm³/mol. The highest BCUT2D eigenvalue weighted by Gasteiger charge is 2.12. The van der Waals surface area contributed by atoms with E-state index in [9.17, 15) is 9.90 Å². The molecule has 0 spiro atoms. The number of carbonyl (C=O) groups is 1. The van der Waals surface area contributed by atoms with Crippen LogP contribution in [0.4, 0.5) is 0 Å². The normalized spacial score (nSPS) is 11.2. The number of rotatable bonds is 7. The topological polar surface area (TPSA) is 89.0 Å². The first kappa shape index (κ1) is 23.7. The van der Waals surface area contributed by atoms with Gasteiger partial charge in [-0.1, -0.05) is 11.6 Å². The largest absolute Gasteiger partial charge is 0.506 e. The molecule has 34 heavy (non-hydrogen) atoms. The van der Waals surface area contributed by atoms with Gasteiger partial charge in [-0.25, -0.2) is 5.43 Å². The molecule has 2 aromatic carbocycles. The highest BCUT2D eigenvalue weighted by atomic mass is 79.9. The molecule has 0 atom stereocenters. The summed E-state index contributed by atoms with van der Waals surface area (Å²) >= 11 is 9.16. The highest BCUT2D eigenvalue weighted by Crippen LogP contribution is 2.30. The van der Waals surface area contributed by atoms with Crippen LogP contribution in [-0.2, 0) is 6.61 Å². The van der Waals surface area contributed by atoms with Crippen LogP contribution in [0, 0.1) is 13.8 Å². The molecule has 0 saturated heterocycles. The number of nitrogens with zero attached hydrogens (tertiary/aromatic N) is 2.